The van der Waals surface area contributed by atoms with Crippen molar-refractivity contribution in [1.29, 1.82) is 0 Å². The van der Waals surface area contributed by atoms with Crippen LogP contribution in [0.1, 0.15) is 16.9 Å². The summed E-state index contributed by atoms with van der Waals surface area (Å²) in [6.45, 7) is -0.998. The highest BCUT2D eigenvalue weighted by molar-refractivity contribution is 7.54. The Morgan fingerprint density at radius 1 is 0.902 bits per heavy atom. The Bertz CT molecular complexity index is 1570. The molecule has 1 aromatic heterocycles. The monoisotopic (exact) mass is 738 g/mol. The smallest absolute Gasteiger partial charge is 0.465 e. The zero-order chi connectivity index (χ0) is 37.0. The van der Waals surface area contributed by atoms with Gasteiger partial charge in [-0.25, -0.2) is 24.4 Å². The molecule has 2 aliphatic rings. The fraction of sp³-hybridized carbons (Fsp3) is 0.500. The van der Waals surface area contributed by atoms with Crippen LogP contribution in [-0.2, 0) is 42.1 Å². The third-order valence-corrected chi connectivity index (χ3v) is 9.65. The van der Waals surface area contributed by atoms with Crippen LogP contribution in [0.5, 0.6) is 0 Å². The first-order valence-electron chi connectivity index (χ1n) is 15.5. The lowest BCUT2D eigenvalue weighted by Gasteiger charge is -2.35. The number of carbonyl (C=O) groups excluding carboxylic acids is 4. The lowest BCUT2D eigenvalue weighted by Crippen LogP contribution is -2.56. The highest BCUT2D eigenvalue weighted by Gasteiger charge is 2.39. The average molecular weight is 739 g/mol. The maximum atomic E-state index is 14.0. The van der Waals surface area contributed by atoms with Crippen molar-refractivity contribution in [2.24, 2.45) is 0 Å². The van der Waals surface area contributed by atoms with Crippen molar-refractivity contribution in [3.63, 3.8) is 0 Å². The van der Waals surface area contributed by atoms with E-state index in [4.69, 9.17) is 13.8 Å². The van der Waals surface area contributed by atoms with Crippen molar-refractivity contribution >= 4 is 43.6 Å². The lowest BCUT2D eigenvalue weighted by molar-refractivity contribution is -0.134. The molecule has 0 radical (unpaired) electrons. The first-order chi connectivity index (χ1) is 24.4. The molecule has 278 valence electrons. The van der Waals surface area contributed by atoms with E-state index >= 15 is 0 Å². The molecule has 0 aliphatic carbocycles. The van der Waals surface area contributed by atoms with Gasteiger partial charge < -0.3 is 48.8 Å². The Morgan fingerprint density at radius 2 is 1.51 bits per heavy atom. The number of hydrogen-bond acceptors (Lipinski definition) is 16. The van der Waals surface area contributed by atoms with Gasteiger partial charge in [0.1, 0.15) is 17.6 Å². The number of aromatic nitrogens is 2. The number of nitrogens with one attached hydrogen (secondary N) is 1. The Hall–Kier alpha value is -5.04. The first-order valence-corrected chi connectivity index (χ1v) is 17.3. The topological polar surface area (TPSA) is 235 Å². The quantitative estimate of drug-likeness (QED) is 0.160. The molecule has 21 heteroatoms. The Morgan fingerprint density at radius 3 is 2.06 bits per heavy atom. The maximum Gasteiger partial charge on any atom is 0.510 e. The number of anilines is 1. The fourth-order valence-corrected chi connectivity index (χ4v) is 6.51. The Labute approximate surface area is 292 Å². The number of carbonyl (C=O) groups is 5. The molecular formula is C30H39N6O14P. The number of amides is 3. The molecule has 51 heavy (non-hydrogen) atoms. The van der Waals surface area contributed by atoms with E-state index in [2.05, 4.69) is 34.2 Å². The van der Waals surface area contributed by atoms with E-state index in [0.717, 1.165) is 25.5 Å². The molecule has 2 saturated heterocycles. The summed E-state index contributed by atoms with van der Waals surface area (Å²) >= 11 is 0. The summed E-state index contributed by atoms with van der Waals surface area (Å²) < 4.78 is 48.0. The summed E-state index contributed by atoms with van der Waals surface area (Å²) in [4.78, 5) is 75.9. The van der Waals surface area contributed by atoms with Gasteiger partial charge in [0.15, 0.2) is 5.82 Å². The highest BCUT2D eigenvalue weighted by atomic mass is 31.2. The van der Waals surface area contributed by atoms with Crippen LogP contribution in [-0.4, -0.2) is 148 Å². The second-order valence-corrected chi connectivity index (χ2v) is 13.1. The van der Waals surface area contributed by atoms with Crippen LogP contribution in [0, 0.1) is 0 Å². The van der Waals surface area contributed by atoms with Crippen molar-refractivity contribution < 1.29 is 66.4 Å². The van der Waals surface area contributed by atoms with Crippen molar-refractivity contribution in [1.82, 2.24) is 25.1 Å². The van der Waals surface area contributed by atoms with Gasteiger partial charge in [0.25, 0.3) is 5.91 Å². The van der Waals surface area contributed by atoms with Crippen LogP contribution in [0.2, 0.25) is 0 Å². The van der Waals surface area contributed by atoms with E-state index in [1.807, 2.05) is 11.0 Å². The van der Waals surface area contributed by atoms with Crippen LogP contribution in [0.25, 0.3) is 11.4 Å². The molecule has 20 nitrogen and oxygen atoms in total. The lowest BCUT2D eigenvalue weighted by atomic mass is 10.2. The van der Waals surface area contributed by atoms with E-state index in [9.17, 15) is 33.6 Å². The van der Waals surface area contributed by atoms with Gasteiger partial charge in [-0.2, -0.15) is 0 Å². The minimum absolute atomic E-state index is 0.0274. The average Bonchev–Trinajstić information content (AvgIpc) is 3.64. The van der Waals surface area contributed by atoms with Crippen LogP contribution >= 0.6 is 7.60 Å². The van der Waals surface area contributed by atoms with Crippen molar-refractivity contribution in [2.75, 3.05) is 85.2 Å². The van der Waals surface area contributed by atoms with Gasteiger partial charge in [-0.15, -0.1) is 0 Å². The normalized spacial score (nSPS) is 16.6. The molecule has 0 spiro atoms. The third kappa shape index (κ3) is 11.0. The summed E-state index contributed by atoms with van der Waals surface area (Å²) in [7, 11) is -0.911. The summed E-state index contributed by atoms with van der Waals surface area (Å²) in [6, 6.07) is 8.73. The molecule has 1 aromatic carbocycles. The predicted octanol–water partition coefficient (Wildman–Crippen LogP) is 2.00. The maximum absolute atomic E-state index is 14.0. The number of ether oxygens (including phenoxy) is 5. The number of nitrogens with zero attached hydrogens (tertiary/aromatic N) is 5. The molecule has 2 aliphatic heterocycles. The molecule has 2 atom stereocenters. The zero-order valence-electron chi connectivity index (χ0n) is 28.1. The third-order valence-electron chi connectivity index (χ3n) is 7.84. The predicted molar refractivity (Wildman–Crippen MR) is 174 cm³/mol. The number of piperazine rings is 1. The highest BCUT2D eigenvalue weighted by Crippen LogP contribution is 2.49. The van der Waals surface area contributed by atoms with Crippen LogP contribution in [0.4, 0.5) is 20.2 Å². The first kappa shape index (κ1) is 38.8. The summed E-state index contributed by atoms with van der Waals surface area (Å²) in [5.74, 6) is -0.963. The molecule has 3 amide bonds. The molecule has 2 aromatic rings. The van der Waals surface area contributed by atoms with Gasteiger partial charge in [-0.1, -0.05) is 30.3 Å². The molecule has 3 heterocycles. The summed E-state index contributed by atoms with van der Waals surface area (Å²) in [5, 5.41) is 11.9. The van der Waals surface area contributed by atoms with E-state index in [-0.39, 0.29) is 43.8 Å². The Kier molecular flexibility index (Phi) is 13.9. The number of methoxy groups -OCH3 is 3. The second kappa shape index (κ2) is 18.3. The van der Waals surface area contributed by atoms with Crippen molar-refractivity contribution in [3.8, 4) is 11.4 Å². The Balaban J connectivity index is 1.66. The van der Waals surface area contributed by atoms with Gasteiger partial charge in [-0.05, 0) is 6.42 Å². The fourth-order valence-electron chi connectivity index (χ4n) is 5.11. The van der Waals surface area contributed by atoms with Crippen molar-refractivity contribution in [2.45, 2.75) is 18.6 Å². The van der Waals surface area contributed by atoms with Gasteiger partial charge >= 0.3 is 26.0 Å². The summed E-state index contributed by atoms with van der Waals surface area (Å²) in [6.07, 6.45) is -3.72. The molecular weight excluding hydrogens is 699 g/mol. The minimum atomic E-state index is -4.57. The largest absolute Gasteiger partial charge is 0.510 e. The van der Waals surface area contributed by atoms with Crippen LogP contribution < -0.4 is 10.2 Å². The van der Waals surface area contributed by atoms with Crippen LogP contribution in [0.15, 0.2) is 36.4 Å². The number of rotatable bonds is 14. The molecule has 0 unspecified atom stereocenters. The van der Waals surface area contributed by atoms with Crippen LogP contribution in [0.3, 0.4) is 0 Å². The second-order valence-electron chi connectivity index (χ2n) is 11.0. The molecule has 2 N–H and O–H groups in total. The summed E-state index contributed by atoms with van der Waals surface area (Å²) in [5.41, 5.74) is 0.482. The van der Waals surface area contributed by atoms with Gasteiger partial charge in [0.2, 0.25) is 19.5 Å². The SMILES string of the molecule is COC(=O)OCOP(=O)(C[C@H](NC(=O)c1cc(N2CC[C@H](OC)C2)nc(-c2ccccc2)n1)C(=O)N1CCN(C(=O)O)CC1)OCOC(=O)OC. The molecule has 4 rings (SSSR count). The van der Waals surface area contributed by atoms with E-state index in [1.165, 1.54) is 11.0 Å². The van der Waals surface area contributed by atoms with Gasteiger partial charge in [0, 0.05) is 58.0 Å². The molecule has 2 fully saturated rings. The molecule has 0 saturated carbocycles. The standard InChI is InChI=1S/C30H39N6O14P/c1-44-21-9-10-36(16-21)24-15-22(31-25(33-24)20-7-5-4-6-8-20)26(37)32-23(27(38)34-11-13-35(14-12-34)28(39)40)17-51(43,49-18-47-29(41)45-2)50-19-48-30(42)46-3/h4-8,15,21,23H,9-14,16-19H2,1-3H3,(H,32,37)(H,39,40)/t21-,23-/m0/s1. The van der Waals surface area contributed by atoms with Gasteiger partial charge in [0.05, 0.1) is 26.5 Å². The number of benzene rings is 1. The molecule has 0 bridgehead atoms. The zero-order valence-corrected chi connectivity index (χ0v) is 29.0. The number of hydrogen-bond donors (Lipinski definition) is 2. The van der Waals surface area contributed by atoms with Crippen molar-refractivity contribution in [3.05, 3.63) is 42.1 Å². The van der Waals surface area contributed by atoms with E-state index in [0.29, 0.717) is 24.5 Å². The van der Waals surface area contributed by atoms with Gasteiger partial charge in [-0.3, -0.25) is 23.2 Å². The van der Waals surface area contributed by atoms with E-state index in [1.54, 1.807) is 31.4 Å². The van der Waals surface area contributed by atoms with E-state index < -0.39 is 63.6 Å². The number of carboxylic acid groups (broad SMARTS) is 1. The minimum Gasteiger partial charge on any atom is -0.465 e.